The molecule has 31 heavy (non-hydrogen) atoms. The van der Waals surface area contributed by atoms with Crippen molar-refractivity contribution in [1.82, 2.24) is 20.4 Å². The Hall–Kier alpha value is -1.14. The van der Waals surface area contributed by atoms with E-state index in [1.54, 1.807) is 14.2 Å². The molecule has 1 aliphatic rings. The van der Waals surface area contributed by atoms with E-state index >= 15 is 0 Å². The number of likely N-dealkylation sites (N-methyl/N-ethyl adjacent to an activating group) is 1. The Morgan fingerprint density at radius 3 is 2.48 bits per heavy atom. The molecule has 0 saturated carbocycles. The van der Waals surface area contributed by atoms with Gasteiger partial charge in [-0.3, -0.25) is 9.89 Å². The summed E-state index contributed by atoms with van der Waals surface area (Å²) in [6.07, 6.45) is 0. The zero-order valence-corrected chi connectivity index (χ0v) is 21.8. The van der Waals surface area contributed by atoms with Crippen molar-refractivity contribution in [2.45, 2.75) is 13.0 Å². The molecular formula is C22H40IN5O3. The van der Waals surface area contributed by atoms with Crippen LogP contribution in [-0.2, 0) is 9.47 Å². The van der Waals surface area contributed by atoms with E-state index in [9.17, 15) is 0 Å². The molecule has 0 radical (unpaired) electrons. The lowest BCUT2D eigenvalue weighted by molar-refractivity contribution is 0.0179. The number of ether oxygens (including phenoxy) is 3. The fraction of sp³-hybridized carbons (Fsp3) is 0.682. The van der Waals surface area contributed by atoms with E-state index in [-0.39, 0.29) is 30.0 Å². The summed E-state index contributed by atoms with van der Waals surface area (Å²) < 4.78 is 16.0. The Labute approximate surface area is 204 Å². The number of nitrogens with one attached hydrogen (secondary N) is 2. The molecule has 0 amide bonds. The van der Waals surface area contributed by atoms with Crippen molar-refractivity contribution < 1.29 is 14.2 Å². The van der Waals surface area contributed by atoms with E-state index in [1.165, 1.54) is 5.56 Å². The summed E-state index contributed by atoms with van der Waals surface area (Å²) >= 11 is 0. The van der Waals surface area contributed by atoms with Crippen LogP contribution in [-0.4, -0.2) is 103 Å². The first-order chi connectivity index (χ1) is 14.7. The topological polar surface area (TPSA) is 70.6 Å². The van der Waals surface area contributed by atoms with Crippen LogP contribution in [0.3, 0.4) is 0 Å². The third-order valence-electron chi connectivity index (χ3n) is 5.22. The Bertz CT molecular complexity index is 612. The van der Waals surface area contributed by atoms with Crippen LogP contribution in [0, 0.1) is 0 Å². The molecule has 0 spiro atoms. The van der Waals surface area contributed by atoms with Crippen LogP contribution in [0.4, 0.5) is 0 Å². The van der Waals surface area contributed by atoms with Crippen LogP contribution in [0.25, 0.3) is 0 Å². The number of aliphatic imine (C=N–C) groups is 1. The lowest BCUT2D eigenvalue weighted by Crippen LogP contribution is -2.43. The summed E-state index contributed by atoms with van der Waals surface area (Å²) in [7, 11) is 5.53. The predicted molar refractivity (Wildman–Crippen MR) is 137 cm³/mol. The molecule has 1 atom stereocenters. The molecule has 1 fully saturated rings. The maximum Gasteiger partial charge on any atom is 0.191 e. The molecule has 178 valence electrons. The maximum atomic E-state index is 5.55. The molecule has 1 saturated heterocycles. The van der Waals surface area contributed by atoms with E-state index in [0.29, 0.717) is 6.54 Å². The molecule has 1 heterocycles. The minimum Gasteiger partial charge on any atom is -0.497 e. The quantitative estimate of drug-likeness (QED) is 0.234. The smallest absolute Gasteiger partial charge is 0.191 e. The summed E-state index contributed by atoms with van der Waals surface area (Å²) in [5.74, 6) is 1.72. The average Bonchev–Trinajstić information content (AvgIpc) is 2.79. The summed E-state index contributed by atoms with van der Waals surface area (Å²) in [4.78, 5) is 9.60. The molecule has 1 aromatic carbocycles. The highest BCUT2D eigenvalue weighted by Gasteiger charge is 2.22. The third kappa shape index (κ3) is 10.3. The van der Waals surface area contributed by atoms with Gasteiger partial charge in [0.05, 0.1) is 39.5 Å². The number of nitrogens with zero attached hydrogens (tertiary/aromatic N) is 3. The molecule has 0 aromatic heterocycles. The van der Waals surface area contributed by atoms with Gasteiger partial charge in [-0.1, -0.05) is 12.1 Å². The number of benzene rings is 1. The minimum absolute atomic E-state index is 0. The van der Waals surface area contributed by atoms with Gasteiger partial charge in [-0.25, -0.2) is 0 Å². The maximum absolute atomic E-state index is 5.55. The van der Waals surface area contributed by atoms with Crippen molar-refractivity contribution in [1.29, 1.82) is 0 Å². The summed E-state index contributed by atoms with van der Waals surface area (Å²) in [5.41, 5.74) is 1.25. The Morgan fingerprint density at radius 2 is 1.87 bits per heavy atom. The van der Waals surface area contributed by atoms with Gasteiger partial charge < -0.3 is 29.7 Å². The fourth-order valence-corrected chi connectivity index (χ4v) is 3.39. The SMILES string of the molecule is CCNC(=NCC(c1ccc(OC)cc1)N1CCOCC1)NCCN(C)CCOC.I. The van der Waals surface area contributed by atoms with Gasteiger partial charge in [0.2, 0.25) is 0 Å². The lowest BCUT2D eigenvalue weighted by Gasteiger charge is -2.34. The predicted octanol–water partition coefficient (Wildman–Crippen LogP) is 1.82. The summed E-state index contributed by atoms with van der Waals surface area (Å²) in [6.45, 7) is 10.4. The minimum atomic E-state index is 0. The Kier molecular flexibility index (Phi) is 14.8. The van der Waals surface area contributed by atoms with E-state index in [1.807, 2.05) is 12.1 Å². The Balaban J connectivity index is 0.00000480. The van der Waals surface area contributed by atoms with Crippen molar-refractivity contribution in [2.75, 3.05) is 86.9 Å². The second-order valence-electron chi connectivity index (χ2n) is 7.38. The number of hydrogen-bond donors (Lipinski definition) is 2. The molecule has 1 aliphatic heterocycles. The zero-order valence-electron chi connectivity index (χ0n) is 19.4. The first-order valence-electron chi connectivity index (χ1n) is 10.8. The first-order valence-corrected chi connectivity index (χ1v) is 10.8. The van der Waals surface area contributed by atoms with Gasteiger partial charge in [0.25, 0.3) is 0 Å². The highest BCUT2D eigenvalue weighted by atomic mass is 127. The summed E-state index contributed by atoms with van der Waals surface area (Å²) in [5, 5.41) is 6.81. The van der Waals surface area contributed by atoms with Crippen LogP contribution in [0.15, 0.2) is 29.3 Å². The fourth-order valence-electron chi connectivity index (χ4n) is 3.39. The third-order valence-corrected chi connectivity index (χ3v) is 5.22. The van der Waals surface area contributed by atoms with E-state index in [2.05, 4.69) is 46.5 Å². The lowest BCUT2D eigenvalue weighted by atomic mass is 10.0. The molecule has 1 unspecified atom stereocenters. The number of methoxy groups -OCH3 is 2. The normalized spacial score (nSPS) is 16.0. The zero-order chi connectivity index (χ0) is 21.6. The molecule has 2 N–H and O–H groups in total. The number of morpholine rings is 1. The molecule has 1 aromatic rings. The molecule has 2 rings (SSSR count). The van der Waals surface area contributed by atoms with Gasteiger partial charge in [0.15, 0.2) is 5.96 Å². The van der Waals surface area contributed by atoms with Crippen LogP contribution < -0.4 is 15.4 Å². The first kappa shape index (κ1) is 27.9. The largest absolute Gasteiger partial charge is 0.497 e. The van der Waals surface area contributed by atoms with Crippen LogP contribution >= 0.6 is 24.0 Å². The van der Waals surface area contributed by atoms with Crippen molar-refractivity contribution in [3.8, 4) is 5.75 Å². The Morgan fingerprint density at radius 1 is 1.16 bits per heavy atom. The van der Waals surface area contributed by atoms with Crippen molar-refractivity contribution in [3.05, 3.63) is 29.8 Å². The molecule has 9 heteroatoms. The molecular weight excluding hydrogens is 509 g/mol. The van der Waals surface area contributed by atoms with Gasteiger partial charge in [0, 0.05) is 46.4 Å². The number of rotatable bonds is 12. The standard InChI is InChI=1S/C22H39N5O3.HI/c1-5-23-22(24-10-11-26(2)12-15-28-3)25-18-21(27-13-16-30-17-14-27)19-6-8-20(29-4)9-7-19;/h6-9,21H,5,10-18H2,1-4H3,(H2,23,24,25);1H. The van der Waals surface area contributed by atoms with Crippen LogP contribution in [0.1, 0.15) is 18.5 Å². The molecule has 0 aliphatic carbocycles. The van der Waals surface area contributed by atoms with Gasteiger partial charge in [-0.05, 0) is 31.7 Å². The highest BCUT2D eigenvalue weighted by Crippen LogP contribution is 2.24. The van der Waals surface area contributed by atoms with E-state index < -0.39 is 0 Å². The number of halogens is 1. The van der Waals surface area contributed by atoms with Crippen molar-refractivity contribution >= 4 is 29.9 Å². The van der Waals surface area contributed by atoms with Crippen molar-refractivity contribution in [3.63, 3.8) is 0 Å². The van der Waals surface area contributed by atoms with E-state index in [4.69, 9.17) is 19.2 Å². The van der Waals surface area contributed by atoms with Gasteiger partial charge in [-0.15, -0.1) is 24.0 Å². The van der Waals surface area contributed by atoms with Crippen LogP contribution in [0.2, 0.25) is 0 Å². The number of hydrogen-bond acceptors (Lipinski definition) is 6. The van der Waals surface area contributed by atoms with Gasteiger partial charge in [0.1, 0.15) is 5.75 Å². The van der Waals surface area contributed by atoms with Gasteiger partial charge >= 0.3 is 0 Å². The van der Waals surface area contributed by atoms with Gasteiger partial charge in [-0.2, -0.15) is 0 Å². The van der Waals surface area contributed by atoms with Crippen molar-refractivity contribution in [2.24, 2.45) is 4.99 Å². The number of guanidine groups is 1. The molecule has 0 bridgehead atoms. The van der Waals surface area contributed by atoms with E-state index in [0.717, 1.165) is 70.8 Å². The highest BCUT2D eigenvalue weighted by molar-refractivity contribution is 14.0. The summed E-state index contributed by atoms with van der Waals surface area (Å²) in [6, 6.07) is 8.52. The van der Waals surface area contributed by atoms with Crippen LogP contribution in [0.5, 0.6) is 5.75 Å². The second-order valence-corrected chi connectivity index (χ2v) is 7.38. The monoisotopic (exact) mass is 549 g/mol. The second kappa shape index (κ2) is 16.5. The average molecular weight is 549 g/mol. The molecule has 8 nitrogen and oxygen atoms in total.